The Hall–Kier alpha value is -4.79. The molecule has 0 bridgehead atoms. The van der Waals surface area contributed by atoms with Crippen molar-refractivity contribution in [2.75, 3.05) is 10.6 Å². The summed E-state index contributed by atoms with van der Waals surface area (Å²) >= 11 is 0. The fraction of sp³-hybridized carbons (Fsp3) is 0.226. The highest BCUT2D eigenvalue weighted by Crippen LogP contribution is 2.34. The van der Waals surface area contributed by atoms with Gasteiger partial charge in [-0.05, 0) is 49.1 Å². The smallest absolute Gasteiger partial charge is 0.325 e. The number of pyridine rings is 2. The van der Waals surface area contributed by atoms with Crippen LogP contribution in [0, 0.1) is 5.82 Å². The van der Waals surface area contributed by atoms with E-state index in [0.717, 1.165) is 16.8 Å². The number of nitrogens with zero attached hydrogens (tertiary/aromatic N) is 2. The Kier molecular flexibility index (Phi) is 10.3. The number of anilines is 2. The van der Waals surface area contributed by atoms with Gasteiger partial charge in [0, 0.05) is 29.1 Å². The van der Waals surface area contributed by atoms with Crippen molar-refractivity contribution >= 4 is 23.3 Å². The van der Waals surface area contributed by atoms with Crippen molar-refractivity contribution in [1.29, 1.82) is 0 Å². The molecular formula is C31H33FN4O4. The van der Waals surface area contributed by atoms with Gasteiger partial charge in [0.25, 0.3) is 0 Å². The molecule has 0 aliphatic rings. The van der Waals surface area contributed by atoms with Crippen LogP contribution < -0.4 is 10.6 Å². The van der Waals surface area contributed by atoms with Crippen LogP contribution >= 0.6 is 0 Å². The molecule has 0 fully saturated rings. The summed E-state index contributed by atoms with van der Waals surface area (Å²) in [7, 11) is 0. The second kappa shape index (κ2) is 13.8. The molecule has 0 unspecified atom stereocenters. The number of carbonyl (C=O) groups is 2. The average Bonchev–Trinajstić information content (AvgIpc) is 2.94. The molecule has 0 amide bonds. The van der Waals surface area contributed by atoms with Crippen LogP contribution in [0.5, 0.6) is 0 Å². The molecule has 2 heterocycles. The molecular weight excluding hydrogens is 511 g/mol. The fourth-order valence-corrected chi connectivity index (χ4v) is 4.00. The minimum absolute atomic E-state index is 0.361. The lowest BCUT2D eigenvalue weighted by molar-refractivity contribution is -0.138. The highest BCUT2D eigenvalue weighted by Gasteiger charge is 2.16. The van der Waals surface area contributed by atoms with Crippen molar-refractivity contribution < 1.29 is 24.2 Å². The topological polar surface area (TPSA) is 124 Å². The van der Waals surface area contributed by atoms with Gasteiger partial charge in [-0.2, -0.15) is 0 Å². The van der Waals surface area contributed by atoms with E-state index in [1.807, 2.05) is 18.2 Å². The van der Waals surface area contributed by atoms with Crippen molar-refractivity contribution in [2.45, 2.75) is 45.7 Å². The number of hydrogen-bond acceptors (Lipinski definition) is 6. The lowest BCUT2D eigenvalue weighted by Gasteiger charge is -2.18. The molecule has 8 nitrogen and oxygen atoms in total. The zero-order valence-corrected chi connectivity index (χ0v) is 22.8. The molecule has 0 aliphatic heterocycles. The van der Waals surface area contributed by atoms with E-state index in [-0.39, 0.29) is 5.82 Å². The van der Waals surface area contributed by atoms with E-state index in [1.54, 1.807) is 49.8 Å². The third-order valence-corrected chi connectivity index (χ3v) is 6.16. The number of carboxylic acid groups (broad SMARTS) is 2. The first-order valence-electron chi connectivity index (χ1n) is 12.8. The SMILES string of the molecule is CC(C)c1ccccc1-c1ccncc1N[C@@H](C)C(=O)O.C[C@H](Nc1cnccc1-c1ccccc1F)C(=O)O. The molecule has 0 spiro atoms. The van der Waals surface area contributed by atoms with Gasteiger partial charge < -0.3 is 20.8 Å². The summed E-state index contributed by atoms with van der Waals surface area (Å²) in [6, 6.07) is 16.6. The average molecular weight is 545 g/mol. The summed E-state index contributed by atoms with van der Waals surface area (Å²) in [4.78, 5) is 29.9. The molecule has 4 rings (SSSR count). The maximum Gasteiger partial charge on any atom is 0.325 e. The zero-order valence-electron chi connectivity index (χ0n) is 22.8. The van der Waals surface area contributed by atoms with Crippen LogP contribution in [0.1, 0.15) is 39.2 Å². The second-order valence-electron chi connectivity index (χ2n) is 9.47. The normalized spacial score (nSPS) is 12.1. The summed E-state index contributed by atoms with van der Waals surface area (Å²) in [5, 5.41) is 23.8. The van der Waals surface area contributed by atoms with Gasteiger partial charge in [-0.15, -0.1) is 0 Å². The third kappa shape index (κ3) is 7.63. The van der Waals surface area contributed by atoms with Gasteiger partial charge in [0.1, 0.15) is 17.9 Å². The lowest BCUT2D eigenvalue weighted by atomic mass is 9.92. The largest absolute Gasteiger partial charge is 0.480 e. The molecule has 4 aromatic rings. The first-order valence-corrected chi connectivity index (χ1v) is 12.8. The van der Waals surface area contributed by atoms with Gasteiger partial charge in [0.2, 0.25) is 0 Å². The third-order valence-electron chi connectivity index (χ3n) is 6.16. The van der Waals surface area contributed by atoms with Gasteiger partial charge in [-0.1, -0.05) is 56.3 Å². The molecule has 2 aromatic carbocycles. The number of halogens is 1. The van der Waals surface area contributed by atoms with Gasteiger partial charge >= 0.3 is 11.9 Å². The van der Waals surface area contributed by atoms with E-state index < -0.39 is 24.0 Å². The summed E-state index contributed by atoms with van der Waals surface area (Å²) < 4.78 is 13.8. The highest BCUT2D eigenvalue weighted by atomic mass is 19.1. The number of benzene rings is 2. The monoisotopic (exact) mass is 544 g/mol. The minimum Gasteiger partial charge on any atom is -0.480 e. The quantitative estimate of drug-likeness (QED) is 0.187. The first-order chi connectivity index (χ1) is 19.1. The summed E-state index contributed by atoms with van der Waals surface area (Å²) in [5.74, 6) is -1.84. The number of hydrogen-bond donors (Lipinski definition) is 4. The lowest BCUT2D eigenvalue weighted by Crippen LogP contribution is -2.25. The van der Waals surface area contributed by atoms with Crippen molar-refractivity contribution in [3.8, 4) is 22.3 Å². The van der Waals surface area contributed by atoms with Gasteiger partial charge in [-0.3, -0.25) is 19.6 Å². The predicted molar refractivity (Wildman–Crippen MR) is 155 cm³/mol. The minimum atomic E-state index is -0.983. The maximum absolute atomic E-state index is 13.8. The van der Waals surface area contributed by atoms with Crippen molar-refractivity contribution in [1.82, 2.24) is 9.97 Å². The fourth-order valence-electron chi connectivity index (χ4n) is 4.00. The van der Waals surface area contributed by atoms with E-state index in [2.05, 4.69) is 46.6 Å². The van der Waals surface area contributed by atoms with Crippen LogP contribution in [-0.4, -0.2) is 44.2 Å². The predicted octanol–water partition coefficient (Wildman–Crippen LogP) is 6.53. The van der Waals surface area contributed by atoms with Gasteiger partial charge in [0.05, 0.1) is 23.8 Å². The number of rotatable bonds is 9. The van der Waals surface area contributed by atoms with Crippen LogP contribution in [0.3, 0.4) is 0 Å². The zero-order chi connectivity index (χ0) is 29.2. The molecule has 0 saturated carbocycles. The summed E-state index contributed by atoms with van der Waals surface area (Å²) in [6.45, 7) is 7.42. The Labute approximate surface area is 233 Å². The van der Waals surface area contributed by atoms with Crippen LogP contribution in [0.4, 0.5) is 15.8 Å². The standard InChI is InChI=1S/C17H20N2O2.C14H13FN2O2/c1-11(2)13-6-4-5-7-14(13)15-8-9-18-10-16(15)19-12(3)17(20)21;1-9(14(18)19)17-13-8-16-7-6-11(13)10-4-2-3-5-12(10)15/h4-12,19H,1-3H3,(H,20,21);2-9,17H,1H3,(H,18,19)/t12-;9-/m00/s1. The van der Waals surface area contributed by atoms with Crippen molar-refractivity contribution in [3.63, 3.8) is 0 Å². The second-order valence-corrected chi connectivity index (χ2v) is 9.47. The first kappa shape index (κ1) is 29.8. The number of aromatic nitrogens is 2. The molecule has 9 heteroatoms. The van der Waals surface area contributed by atoms with E-state index >= 15 is 0 Å². The van der Waals surface area contributed by atoms with Gasteiger partial charge in [-0.25, -0.2) is 4.39 Å². The van der Waals surface area contributed by atoms with Gasteiger partial charge in [0.15, 0.2) is 0 Å². The molecule has 4 N–H and O–H groups in total. The Bertz CT molecular complexity index is 1460. The van der Waals surface area contributed by atoms with Crippen molar-refractivity contribution in [3.05, 3.63) is 96.8 Å². The Morgan fingerprint density at radius 1 is 0.675 bits per heavy atom. The van der Waals surface area contributed by atoms with Crippen LogP contribution in [0.25, 0.3) is 22.3 Å². The maximum atomic E-state index is 13.8. The van der Waals surface area contributed by atoms with E-state index in [9.17, 15) is 14.0 Å². The Balaban J connectivity index is 0.000000222. The summed E-state index contributed by atoms with van der Waals surface area (Å²) in [5.41, 5.74) is 5.53. The number of aliphatic carboxylic acids is 2. The Morgan fingerprint density at radius 3 is 1.60 bits per heavy atom. The molecule has 0 saturated heterocycles. The number of carboxylic acids is 2. The molecule has 2 atom stereocenters. The van der Waals surface area contributed by atoms with Crippen molar-refractivity contribution in [2.24, 2.45) is 0 Å². The van der Waals surface area contributed by atoms with E-state index in [1.165, 1.54) is 24.8 Å². The molecule has 40 heavy (non-hydrogen) atoms. The van der Waals surface area contributed by atoms with Crippen LogP contribution in [0.2, 0.25) is 0 Å². The van der Waals surface area contributed by atoms with Crippen LogP contribution in [0.15, 0.2) is 85.5 Å². The molecule has 0 aliphatic carbocycles. The molecule has 0 radical (unpaired) electrons. The van der Waals surface area contributed by atoms with E-state index in [0.29, 0.717) is 22.7 Å². The number of nitrogens with one attached hydrogen (secondary N) is 2. The highest BCUT2D eigenvalue weighted by molar-refractivity contribution is 5.84. The molecule has 2 aromatic heterocycles. The van der Waals surface area contributed by atoms with E-state index in [4.69, 9.17) is 10.2 Å². The Morgan fingerprint density at radius 2 is 1.12 bits per heavy atom. The van der Waals surface area contributed by atoms with Crippen LogP contribution in [-0.2, 0) is 9.59 Å². The summed E-state index contributed by atoms with van der Waals surface area (Å²) in [6.07, 6.45) is 6.43. The molecule has 208 valence electrons.